The van der Waals surface area contributed by atoms with Crippen molar-refractivity contribution in [1.82, 2.24) is 0 Å². The second kappa shape index (κ2) is 4.96. The minimum atomic E-state index is -0.344. The van der Waals surface area contributed by atoms with Gasteiger partial charge >= 0.3 is 0 Å². The number of nitrogen functional groups attached to an aromatic ring is 1. The average molecular weight is 249 g/mol. The van der Waals surface area contributed by atoms with Gasteiger partial charge in [-0.2, -0.15) is 0 Å². The van der Waals surface area contributed by atoms with E-state index in [9.17, 15) is 4.39 Å². The SMILES string of the molecule is CCC1CCC(C)N1c1ccc(F)cc1C(=N)N. The predicted octanol–water partition coefficient (Wildman–Crippen LogP) is 2.88. The Labute approximate surface area is 107 Å². The molecule has 3 nitrogen and oxygen atoms in total. The molecule has 2 rings (SSSR count). The van der Waals surface area contributed by atoms with E-state index in [1.54, 1.807) is 6.07 Å². The van der Waals surface area contributed by atoms with Gasteiger partial charge in [-0.25, -0.2) is 4.39 Å². The van der Waals surface area contributed by atoms with Gasteiger partial charge in [0.05, 0.1) is 0 Å². The molecule has 0 aliphatic carbocycles. The maximum atomic E-state index is 13.3. The van der Waals surface area contributed by atoms with Crippen molar-refractivity contribution in [2.45, 2.75) is 45.2 Å². The van der Waals surface area contributed by atoms with Crippen LogP contribution < -0.4 is 10.6 Å². The first-order chi connectivity index (χ1) is 8.54. The summed E-state index contributed by atoms with van der Waals surface area (Å²) in [6, 6.07) is 5.42. The van der Waals surface area contributed by atoms with Crippen LogP contribution in [0.3, 0.4) is 0 Å². The van der Waals surface area contributed by atoms with Gasteiger partial charge in [0.25, 0.3) is 0 Å². The highest BCUT2D eigenvalue weighted by molar-refractivity contribution is 6.00. The monoisotopic (exact) mass is 249 g/mol. The molecule has 1 aromatic carbocycles. The zero-order chi connectivity index (χ0) is 13.3. The number of nitrogens with one attached hydrogen (secondary N) is 1. The molecule has 1 aromatic rings. The maximum Gasteiger partial charge on any atom is 0.125 e. The first-order valence-electron chi connectivity index (χ1n) is 6.46. The molecular weight excluding hydrogens is 229 g/mol. The molecule has 3 N–H and O–H groups in total. The summed E-state index contributed by atoms with van der Waals surface area (Å²) in [6.07, 6.45) is 3.33. The fraction of sp³-hybridized carbons (Fsp3) is 0.500. The van der Waals surface area contributed by atoms with Gasteiger partial charge in [-0.3, -0.25) is 5.41 Å². The molecule has 18 heavy (non-hydrogen) atoms. The molecule has 2 atom stereocenters. The largest absolute Gasteiger partial charge is 0.384 e. The minimum absolute atomic E-state index is 0.0709. The zero-order valence-electron chi connectivity index (χ0n) is 10.9. The van der Waals surface area contributed by atoms with E-state index >= 15 is 0 Å². The summed E-state index contributed by atoms with van der Waals surface area (Å²) in [4.78, 5) is 2.29. The second-order valence-corrected chi connectivity index (χ2v) is 4.97. The number of hydrogen-bond acceptors (Lipinski definition) is 2. The van der Waals surface area contributed by atoms with E-state index in [2.05, 4.69) is 18.7 Å². The van der Waals surface area contributed by atoms with E-state index in [1.165, 1.54) is 12.1 Å². The summed E-state index contributed by atoms with van der Waals surface area (Å²) in [7, 11) is 0. The third-order valence-corrected chi connectivity index (χ3v) is 3.78. The fourth-order valence-corrected chi connectivity index (χ4v) is 2.86. The van der Waals surface area contributed by atoms with E-state index < -0.39 is 0 Å². The number of nitrogens with zero attached hydrogens (tertiary/aromatic N) is 1. The third-order valence-electron chi connectivity index (χ3n) is 3.78. The van der Waals surface area contributed by atoms with Crippen molar-refractivity contribution < 1.29 is 4.39 Å². The maximum absolute atomic E-state index is 13.3. The molecular formula is C14H20FN3. The van der Waals surface area contributed by atoms with Crippen molar-refractivity contribution in [3.63, 3.8) is 0 Å². The summed E-state index contributed by atoms with van der Waals surface area (Å²) < 4.78 is 13.3. The molecule has 0 saturated carbocycles. The summed E-state index contributed by atoms with van der Waals surface area (Å²) in [5.41, 5.74) is 6.96. The highest BCUT2D eigenvalue weighted by Gasteiger charge is 2.31. The van der Waals surface area contributed by atoms with Gasteiger partial charge < -0.3 is 10.6 Å². The molecule has 0 bridgehead atoms. The van der Waals surface area contributed by atoms with Gasteiger partial charge in [0.15, 0.2) is 0 Å². The van der Waals surface area contributed by atoms with Crippen LogP contribution in [0.1, 0.15) is 38.7 Å². The number of halogens is 1. The predicted molar refractivity (Wildman–Crippen MR) is 72.7 cm³/mol. The standard InChI is InChI=1S/C14H20FN3/c1-3-11-6-4-9(2)18(11)13-7-5-10(15)8-12(13)14(16)17/h5,7-9,11H,3-4,6H2,1-2H3,(H3,16,17). The molecule has 1 heterocycles. The highest BCUT2D eigenvalue weighted by atomic mass is 19.1. The topological polar surface area (TPSA) is 53.1 Å². The Balaban J connectivity index is 2.46. The van der Waals surface area contributed by atoms with Crippen LogP contribution >= 0.6 is 0 Å². The lowest BCUT2D eigenvalue weighted by atomic mass is 10.1. The Morgan fingerprint density at radius 2 is 2.22 bits per heavy atom. The zero-order valence-corrected chi connectivity index (χ0v) is 10.9. The van der Waals surface area contributed by atoms with Crippen molar-refractivity contribution in [2.24, 2.45) is 5.73 Å². The number of nitrogens with two attached hydrogens (primary N) is 1. The number of benzene rings is 1. The number of rotatable bonds is 3. The molecule has 0 spiro atoms. The van der Waals surface area contributed by atoms with E-state index in [0.717, 1.165) is 24.9 Å². The number of amidine groups is 1. The molecule has 4 heteroatoms. The molecule has 0 radical (unpaired) electrons. The van der Waals surface area contributed by atoms with E-state index in [4.69, 9.17) is 11.1 Å². The quantitative estimate of drug-likeness (QED) is 0.639. The molecule has 1 saturated heterocycles. The second-order valence-electron chi connectivity index (χ2n) is 4.97. The van der Waals surface area contributed by atoms with Crippen LogP contribution in [0.2, 0.25) is 0 Å². The van der Waals surface area contributed by atoms with Crippen molar-refractivity contribution in [2.75, 3.05) is 4.90 Å². The van der Waals surface area contributed by atoms with E-state index in [0.29, 0.717) is 17.6 Å². The Morgan fingerprint density at radius 1 is 1.50 bits per heavy atom. The van der Waals surface area contributed by atoms with Crippen LogP contribution in [0.5, 0.6) is 0 Å². The van der Waals surface area contributed by atoms with Crippen molar-refractivity contribution in [3.8, 4) is 0 Å². The van der Waals surface area contributed by atoms with Crippen LogP contribution in [-0.4, -0.2) is 17.9 Å². The smallest absolute Gasteiger partial charge is 0.125 e. The first kappa shape index (κ1) is 12.9. The van der Waals surface area contributed by atoms with Gasteiger partial charge in [0.2, 0.25) is 0 Å². The van der Waals surface area contributed by atoms with E-state index in [-0.39, 0.29) is 11.7 Å². The molecule has 2 unspecified atom stereocenters. The first-order valence-corrected chi connectivity index (χ1v) is 6.46. The lowest BCUT2D eigenvalue weighted by molar-refractivity contribution is 0.616. The molecule has 0 amide bonds. The van der Waals surface area contributed by atoms with Crippen LogP contribution in [0, 0.1) is 11.2 Å². The molecule has 1 aliphatic heterocycles. The molecule has 1 fully saturated rings. The van der Waals surface area contributed by atoms with Gasteiger partial charge in [-0.15, -0.1) is 0 Å². The number of anilines is 1. The van der Waals surface area contributed by atoms with Gasteiger partial charge in [-0.1, -0.05) is 6.92 Å². The van der Waals surface area contributed by atoms with Crippen molar-refractivity contribution in [1.29, 1.82) is 5.41 Å². The minimum Gasteiger partial charge on any atom is -0.384 e. The fourth-order valence-electron chi connectivity index (χ4n) is 2.86. The lowest BCUT2D eigenvalue weighted by Gasteiger charge is -2.32. The molecule has 98 valence electrons. The normalized spacial score (nSPS) is 23.4. The molecule has 1 aliphatic rings. The Kier molecular flexibility index (Phi) is 3.55. The number of hydrogen-bond donors (Lipinski definition) is 2. The van der Waals surface area contributed by atoms with Crippen LogP contribution in [0.4, 0.5) is 10.1 Å². The summed E-state index contributed by atoms with van der Waals surface area (Å²) in [5.74, 6) is -0.415. The summed E-state index contributed by atoms with van der Waals surface area (Å²) >= 11 is 0. The highest BCUT2D eigenvalue weighted by Crippen LogP contribution is 2.34. The van der Waals surface area contributed by atoms with Crippen molar-refractivity contribution in [3.05, 3.63) is 29.6 Å². The third kappa shape index (κ3) is 2.19. The van der Waals surface area contributed by atoms with E-state index in [1.807, 2.05) is 0 Å². The Morgan fingerprint density at radius 3 is 2.83 bits per heavy atom. The van der Waals surface area contributed by atoms with Crippen LogP contribution in [-0.2, 0) is 0 Å². The molecule has 0 aromatic heterocycles. The Hall–Kier alpha value is -1.58. The summed E-state index contributed by atoms with van der Waals surface area (Å²) in [6.45, 7) is 4.33. The van der Waals surface area contributed by atoms with Crippen LogP contribution in [0.25, 0.3) is 0 Å². The van der Waals surface area contributed by atoms with Gasteiger partial charge in [-0.05, 0) is 44.4 Å². The van der Waals surface area contributed by atoms with Crippen molar-refractivity contribution >= 4 is 11.5 Å². The van der Waals surface area contributed by atoms with Crippen LogP contribution in [0.15, 0.2) is 18.2 Å². The average Bonchev–Trinajstić information content (AvgIpc) is 2.70. The van der Waals surface area contributed by atoms with Gasteiger partial charge in [0.1, 0.15) is 11.7 Å². The lowest BCUT2D eigenvalue weighted by Crippen LogP contribution is -2.35. The Bertz CT molecular complexity index is 458. The van der Waals surface area contributed by atoms with Gasteiger partial charge in [0, 0.05) is 23.3 Å². The summed E-state index contributed by atoms with van der Waals surface area (Å²) in [5, 5.41) is 7.61.